The summed E-state index contributed by atoms with van der Waals surface area (Å²) in [5, 5.41) is 0. The Kier molecular flexibility index (Phi) is 2.39. The standard InChI is InChI=1S/C7H8S.Ti/c1-5-4-6(2)8-7(5)3;/h1,4H,2-3H3;. The van der Waals surface area contributed by atoms with Crippen LogP contribution in [0.2, 0.25) is 0 Å². The van der Waals surface area contributed by atoms with E-state index >= 15 is 0 Å². The van der Waals surface area contributed by atoms with E-state index in [9.17, 15) is 0 Å². The molecule has 1 aromatic rings. The monoisotopic (exact) mass is 172 g/mol. The van der Waals surface area contributed by atoms with Crippen LogP contribution in [0.1, 0.15) is 15.3 Å². The van der Waals surface area contributed by atoms with Gasteiger partial charge in [-0.25, -0.2) is 0 Å². The molecular weight excluding hydrogens is 164 g/mol. The number of aryl methyl sites for hydroxylation is 2. The van der Waals surface area contributed by atoms with E-state index in [1.54, 1.807) is 0 Å². The zero-order valence-corrected chi connectivity index (χ0v) is 7.94. The third-order valence-electron chi connectivity index (χ3n) is 1.23. The minimum absolute atomic E-state index is 1.39. The average Bonchev–Trinajstić information content (AvgIpc) is 2.10. The Balaban J connectivity index is 3.15. The minimum atomic E-state index is 1.39. The van der Waals surface area contributed by atoms with Gasteiger partial charge in [0.25, 0.3) is 0 Å². The van der Waals surface area contributed by atoms with Crippen LogP contribution in [0.15, 0.2) is 6.07 Å². The van der Waals surface area contributed by atoms with Gasteiger partial charge in [0, 0.05) is 0 Å². The second-order valence-electron chi connectivity index (χ2n) is 2.01. The van der Waals surface area contributed by atoms with Crippen molar-refractivity contribution in [2.24, 2.45) is 0 Å². The van der Waals surface area contributed by atoms with E-state index in [2.05, 4.69) is 44.2 Å². The Bertz CT molecular complexity index is 225. The second-order valence-corrected chi connectivity index (χ2v) is 3.92. The van der Waals surface area contributed by atoms with Crippen molar-refractivity contribution in [3.8, 4) is 0 Å². The van der Waals surface area contributed by atoms with Crippen LogP contribution in [-0.4, -0.2) is 4.31 Å². The summed E-state index contributed by atoms with van der Waals surface area (Å²) in [5.74, 6) is 0. The van der Waals surface area contributed by atoms with Gasteiger partial charge in [0.05, 0.1) is 0 Å². The van der Waals surface area contributed by atoms with Crippen LogP contribution >= 0.6 is 11.3 Å². The molecule has 0 saturated heterocycles. The molecule has 0 spiro atoms. The zero-order chi connectivity index (χ0) is 6.85. The van der Waals surface area contributed by atoms with Crippen LogP contribution < -0.4 is 0 Å². The van der Waals surface area contributed by atoms with Gasteiger partial charge in [0.1, 0.15) is 0 Å². The Labute approximate surface area is 70.8 Å². The zero-order valence-electron chi connectivity index (χ0n) is 5.56. The van der Waals surface area contributed by atoms with Gasteiger partial charge in [0.15, 0.2) is 0 Å². The number of rotatable bonds is 1. The summed E-state index contributed by atoms with van der Waals surface area (Å²) in [6.07, 6.45) is 0. The Morgan fingerprint density at radius 2 is 2.22 bits per heavy atom. The predicted octanol–water partition coefficient (Wildman–Crippen LogP) is 2.06. The Hall–Kier alpha value is 0.284. The van der Waals surface area contributed by atoms with Crippen molar-refractivity contribution in [1.82, 2.24) is 0 Å². The summed E-state index contributed by atoms with van der Waals surface area (Å²) in [4.78, 5) is 2.83. The number of hydrogen-bond donors (Lipinski definition) is 0. The molecule has 0 amide bonds. The molecule has 0 radical (unpaired) electrons. The Morgan fingerprint density at radius 3 is 2.44 bits per heavy atom. The molecule has 1 aromatic heterocycles. The van der Waals surface area contributed by atoms with Crippen LogP contribution in [0.4, 0.5) is 0 Å². The van der Waals surface area contributed by atoms with Crippen molar-refractivity contribution in [3.05, 3.63) is 21.4 Å². The number of hydrogen-bond acceptors (Lipinski definition) is 1. The van der Waals surface area contributed by atoms with Crippen LogP contribution in [0.5, 0.6) is 0 Å². The third kappa shape index (κ3) is 1.60. The van der Waals surface area contributed by atoms with Crippen molar-refractivity contribution in [1.29, 1.82) is 0 Å². The first-order chi connectivity index (χ1) is 4.24. The molecule has 0 N–H and O–H groups in total. The Morgan fingerprint density at radius 1 is 1.56 bits per heavy atom. The molecule has 1 heterocycles. The van der Waals surface area contributed by atoms with Gasteiger partial charge in [-0.15, -0.1) is 0 Å². The first-order valence-corrected chi connectivity index (χ1v) is 4.53. The van der Waals surface area contributed by atoms with Crippen LogP contribution in [0, 0.1) is 13.8 Å². The van der Waals surface area contributed by atoms with E-state index in [-0.39, 0.29) is 0 Å². The molecule has 0 atom stereocenters. The summed E-state index contributed by atoms with van der Waals surface area (Å²) >= 11 is 3.94. The molecule has 0 unspecified atom stereocenters. The number of thiophene rings is 1. The first-order valence-electron chi connectivity index (χ1n) is 2.81. The van der Waals surface area contributed by atoms with Gasteiger partial charge >= 0.3 is 70.9 Å². The van der Waals surface area contributed by atoms with Crippen molar-refractivity contribution in [2.45, 2.75) is 13.8 Å². The fraction of sp³-hybridized carbons (Fsp3) is 0.286. The van der Waals surface area contributed by atoms with E-state index in [0.717, 1.165) is 0 Å². The fourth-order valence-electron chi connectivity index (χ4n) is 0.794. The molecule has 0 nitrogen and oxygen atoms in total. The van der Waals surface area contributed by atoms with Gasteiger partial charge < -0.3 is 0 Å². The topological polar surface area (TPSA) is 0 Å². The molecule has 0 bridgehead atoms. The van der Waals surface area contributed by atoms with E-state index in [0.29, 0.717) is 0 Å². The molecule has 0 saturated carbocycles. The second kappa shape index (κ2) is 2.91. The molecule has 0 fully saturated rings. The van der Waals surface area contributed by atoms with Gasteiger partial charge in [0.2, 0.25) is 0 Å². The van der Waals surface area contributed by atoms with Crippen molar-refractivity contribution in [3.63, 3.8) is 0 Å². The summed E-state index contributed by atoms with van der Waals surface area (Å²) in [5.41, 5.74) is 1.39. The summed E-state index contributed by atoms with van der Waals surface area (Å²) in [6.45, 7) is 4.30. The van der Waals surface area contributed by atoms with Gasteiger partial charge in [-0.1, -0.05) is 0 Å². The molecule has 0 aliphatic carbocycles. The van der Waals surface area contributed by atoms with Gasteiger partial charge in [-0.2, -0.15) is 0 Å². The maximum absolute atomic E-state index is 2.22. The molecule has 2 heteroatoms. The molecule has 0 aromatic carbocycles. The maximum atomic E-state index is 2.22. The quantitative estimate of drug-likeness (QED) is 0.569. The van der Waals surface area contributed by atoms with Crippen molar-refractivity contribution < 1.29 is 20.0 Å². The molecule has 1 rings (SSSR count). The van der Waals surface area contributed by atoms with E-state index in [1.165, 1.54) is 15.3 Å². The third-order valence-corrected chi connectivity index (χ3v) is 2.70. The van der Waals surface area contributed by atoms with Crippen LogP contribution in [0.25, 0.3) is 0 Å². The normalized spacial score (nSPS) is 9.44. The molecule has 9 heavy (non-hydrogen) atoms. The van der Waals surface area contributed by atoms with E-state index in [1.807, 2.05) is 11.3 Å². The summed E-state index contributed by atoms with van der Waals surface area (Å²) in [7, 11) is 0. The molecule has 0 aliphatic rings. The molecule has 46 valence electrons. The van der Waals surface area contributed by atoms with Crippen molar-refractivity contribution >= 4 is 15.7 Å². The predicted molar refractivity (Wildman–Crippen MR) is 39.0 cm³/mol. The SMILES string of the molecule is Cc1cc([CH]=[Ti])c(C)s1. The summed E-state index contributed by atoms with van der Waals surface area (Å²) < 4.78 is 2.15. The molecular formula is C7H8STi. The van der Waals surface area contributed by atoms with E-state index < -0.39 is 0 Å². The van der Waals surface area contributed by atoms with E-state index in [4.69, 9.17) is 0 Å². The van der Waals surface area contributed by atoms with Crippen LogP contribution in [0.3, 0.4) is 0 Å². The average molecular weight is 172 g/mol. The molecule has 0 aliphatic heterocycles. The van der Waals surface area contributed by atoms with Gasteiger partial charge in [-0.05, 0) is 0 Å². The van der Waals surface area contributed by atoms with Crippen molar-refractivity contribution in [2.75, 3.05) is 0 Å². The summed E-state index contributed by atoms with van der Waals surface area (Å²) in [6, 6.07) is 2.22. The first kappa shape index (κ1) is 7.39. The van der Waals surface area contributed by atoms with Gasteiger partial charge in [-0.3, -0.25) is 0 Å². The van der Waals surface area contributed by atoms with Crippen LogP contribution in [-0.2, 0) is 20.0 Å². The fourth-order valence-corrected chi connectivity index (χ4v) is 2.33.